The molecule has 0 saturated carbocycles. The van der Waals surface area contributed by atoms with E-state index in [4.69, 9.17) is 4.74 Å². The Hall–Kier alpha value is -1.12. The molecule has 1 aromatic carbocycles. The molecule has 21 heavy (non-hydrogen) atoms. The van der Waals surface area contributed by atoms with Gasteiger partial charge in [-0.25, -0.2) is 8.42 Å². The van der Waals surface area contributed by atoms with Gasteiger partial charge >= 0.3 is 6.18 Å². The van der Waals surface area contributed by atoms with Crippen molar-refractivity contribution in [1.29, 1.82) is 0 Å². The number of hydrogen-bond acceptors (Lipinski definition) is 3. The van der Waals surface area contributed by atoms with Gasteiger partial charge in [-0.2, -0.15) is 17.5 Å². The van der Waals surface area contributed by atoms with Crippen LogP contribution in [0.4, 0.5) is 13.2 Å². The van der Waals surface area contributed by atoms with Crippen molar-refractivity contribution in [2.24, 2.45) is 0 Å². The van der Waals surface area contributed by atoms with E-state index in [1.807, 2.05) is 0 Å². The van der Waals surface area contributed by atoms with E-state index < -0.39 is 21.8 Å². The maximum Gasteiger partial charge on any atom is 0.416 e. The van der Waals surface area contributed by atoms with Gasteiger partial charge in [-0.05, 0) is 37.1 Å². The SMILES string of the molecule is O=S(=O)(c1ccc(C(F)(F)F)cc1)N1[C@@H]2CC[C@@H]1COC2. The van der Waals surface area contributed by atoms with Crippen LogP contribution in [0.25, 0.3) is 0 Å². The normalized spacial score (nSPS) is 27.0. The summed E-state index contributed by atoms with van der Waals surface area (Å²) in [6, 6.07) is 3.22. The first-order chi connectivity index (χ1) is 9.80. The lowest BCUT2D eigenvalue weighted by Crippen LogP contribution is -2.48. The first-order valence-corrected chi connectivity index (χ1v) is 8.03. The molecule has 0 aliphatic carbocycles. The summed E-state index contributed by atoms with van der Waals surface area (Å²) in [7, 11) is -3.77. The van der Waals surface area contributed by atoms with Gasteiger partial charge in [-0.3, -0.25) is 0 Å². The fourth-order valence-corrected chi connectivity index (χ4v) is 4.76. The topological polar surface area (TPSA) is 46.6 Å². The lowest BCUT2D eigenvalue weighted by Gasteiger charge is -2.33. The molecular weight excluding hydrogens is 307 g/mol. The van der Waals surface area contributed by atoms with Crippen molar-refractivity contribution in [2.75, 3.05) is 13.2 Å². The second-order valence-electron chi connectivity index (χ2n) is 5.28. The second-order valence-corrected chi connectivity index (χ2v) is 7.12. The number of rotatable bonds is 2. The summed E-state index contributed by atoms with van der Waals surface area (Å²) < 4.78 is 69.5. The van der Waals surface area contributed by atoms with Crippen LogP contribution in [0.3, 0.4) is 0 Å². The summed E-state index contributed by atoms with van der Waals surface area (Å²) in [4.78, 5) is -0.103. The minimum atomic E-state index is -4.47. The van der Waals surface area contributed by atoms with Gasteiger partial charge < -0.3 is 4.74 Å². The largest absolute Gasteiger partial charge is 0.416 e. The average Bonchev–Trinajstić information content (AvgIpc) is 2.69. The Balaban J connectivity index is 1.92. The van der Waals surface area contributed by atoms with Crippen LogP contribution in [0.15, 0.2) is 29.2 Å². The lowest BCUT2D eigenvalue weighted by molar-refractivity contribution is -0.137. The third kappa shape index (κ3) is 2.56. The van der Waals surface area contributed by atoms with Crippen molar-refractivity contribution < 1.29 is 26.3 Å². The molecule has 2 heterocycles. The highest BCUT2D eigenvalue weighted by molar-refractivity contribution is 7.89. The van der Waals surface area contributed by atoms with E-state index in [1.54, 1.807) is 0 Å². The van der Waals surface area contributed by atoms with Crippen molar-refractivity contribution >= 4 is 10.0 Å². The average molecular weight is 321 g/mol. The number of fused-ring (bicyclic) bond motifs is 2. The van der Waals surface area contributed by atoms with Crippen molar-refractivity contribution in [2.45, 2.75) is 36.0 Å². The van der Waals surface area contributed by atoms with Crippen LogP contribution in [0.2, 0.25) is 0 Å². The summed E-state index contributed by atoms with van der Waals surface area (Å²) >= 11 is 0. The van der Waals surface area contributed by atoms with Gasteiger partial charge in [-0.1, -0.05) is 0 Å². The van der Waals surface area contributed by atoms with E-state index in [0.29, 0.717) is 13.2 Å². The predicted molar refractivity (Wildman–Crippen MR) is 68.1 cm³/mol. The van der Waals surface area contributed by atoms with Crippen LogP contribution in [-0.4, -0.2) is 38.0 Å². The lowest BCUT2D eigenvalue weighted by atomic mass is 10.2. The van der Waals surface area contributed by atoms with E-state index in [1.165, 1.54) is 4.31 Å². The molecule has 116 valence electrons. The monoisotopic (exact) mass is 321 g/mol. The molecule has 2 aliphatic heterocycles. The Morgan fingerprint density at radius 1 is 1.05 bits per heavy atom. The van der Waals surface area contributed by atoms with E-state index in [2.05, 4.69) is 0 Å². The van der Waals surface area contributed by atoms with Gasteiger partial charge in [0.1, 0.15) is 0 Å². The Labute approximate surface area is 120 Å². The zero-order chi connectivity index (χ0) is 15.3. The molecule has 2 atom stereocenters. The molecule has 2 fully saturated rings. The minimum Gasteiger partial charge on any atom is -0.378 e. The molecule has 0 spiro atoms. The third-order valence-corrected chi connectivity index (χ3v) is 5.95. The fourth-order valence-electron chi connectivity index (χ4n) is 2.92. The van der Waals surface area contributed by atoms with E-state index in [0.717, 1.165) is 37.1 Å². The molecule has 4 nitrogen and oxygen atoms in total. The van der Waals surface area contributed by atoms with Crippen LogP contribution in [0.1, 0.15) is 18.4 Å². The summed E-state index contributed by atoms with van der Waals surface area (Å²) in [6.07, 6.45) is -3.02. The van der Waals surface area contributed by atoms with Crippen LogP contribution in [0.5, 0.6) is 0 Å². The highest BCUT2D eigenvalue weighted by Gasteiger charge is 2.45. The van der Waals surface area contributed by atoms with Crippen LogP contribution in [-0.2, 0) is 20.9 Å². The number of halogens is 3. The summed E-state index contributed by atoms with van der Waals surface area (Å²) in [5.41, 5.74) is -0.855. The molecule has 0 unspecified atom stereocenters. The number of nitrogens with zero attached hydrogens (tertiary/aromatic N) is 1. The predicted octanol–water partition coefficient (Wildman–Crippen LogP) is 2.26. The zero-order valence-electron chi connectivity index (χ0n) is 11.0. The molecule has 0 radical (unpaired) electrons. The van der Waals surface area contributed by atoms with Crippen molar-refractivity contribution in [3.8, 4) is 0 Å². The molecule has 0 aromatic heterocycles. The molecule has 1 aromatic rings. The Bertz CT molecular complexity index is 611. The number of morpholine rings is 1. The standard InChI is InChI=1S/C13H14F3NO3S/c14-13(15,16)9-1-5-12(6-2-9)21(18,19)17-10-3-4-11(17)8-20-7-10/h1-2,5-6,10-11H,3-4,7-8H2/t10-,11-/m1/s1. The summed E-state index contributed by atoms with van der Waals surface area (Å²) in [5, 5.41) is 0. The van der Waals surface area contributed by atoms with Crippen LogP contribution < -0.4 is 0 Å². The van der Waals surface area contributed by atoms with Crippen molar-refractivity contribution in [1.82, 2.24) is 4.31 Å². The minimum absolute atomic E-state index is 0.103. The fraction of sp³-hybridized carbons (Fsp3) is 0.538. The number of benzene rings is 1. The highest BCUT2D eigenvalue weighted by Crippen LogP contribution is 2.35. The highest BCUT2D eigenvalue weighted by atomic mass is 32.2. The first-order valence-electron chi connectivity index (χ1n) is 6.59. The van der Waals surface area contributed by atoms with Gasteiger partial charge in [0.2, 0.25) is 10.0 Å². The number of ether oxygens (including phenoxy) is 1. The quantitative estimate of drug-likeness (QED) is 0.839. The zero-order valence-corrected chi connectivity index (χ0v) is 11.8. The Kier molecular flexibility index (Phi) is 3.50. The van der Waals surface area contributed by atoms with Crippen molar-refractivity contribution in [3.63, 3.8) is 0 Å². The molecule has 2 aliphatic rings. The Morgan fingerprint density at radius 2 is 1.57 bits per heavy atom. The van der Waals surface area contributed by atoms with Gasteiger partial charge in [0, 0.05) is 12.1 Å². The molecule has 0 amide bonds. The smallest absolute Gasteiger partial charge is 0.378 e. The summed E-state index contributed by atoms with van der Waals surface area (Å²) in [5.74, 6) is 0. The Morgan fingerprint density at radius 3 is 2.05 bits per heavy atom. The molecular formula is C13H14F3NO3S. The van der Waals surface area contributed by atoms with Crippen molar-refractivity contribution in [3.05, 3.63) is 29.8 Å². The van der Waals surface area contributed by atoms with Gasteiger partial charge in [0.25, 0.3) is 0 Å². The second kappa shape index (κ2) is 4.96. The molecule has 0 N–H and O–H groups in total. The van der Waals surface area contributed by atoms with Gasteiger partial charge in [0.15, 0.2) is 0 Å². The number of sulfonamides is 1. The van der Waals surface area contributed by atoms with Gasteiger partial charge in [0.05, 0.1) is 23.7 Å². The maximum atomic E-state index is 12.6. The maximum absolute atomic E-state index is 12.6. The molecule has 3 rings (SSSR count). The van der Waals surface area contributed by atoms with E-state index in [9.17, 15) is 21.6 Å². The van der Waals surface area contributed by atoms with Crippen LogP contribution >= 0.6 is 0 Å². The number of hydrogen-bond donors (Lipinski definition) is 0. The summed E-state index contributed by atoms with van der Waals surface area (Å²) in [6.45, 7) is 0.687. The third-order valence-electron chi connectivity index (χ3n) is 3.93. The molecule has 2 saturated heterocycles. The van der Waals surface area contributed by atoms with Gasteiger partial charge in [-0.15, -0.1) is 0 Å². The van der Waals surface area contributed by atoms with E-state index >= 15 is 0 Å². The number of alkyl halides is 3. The molecule has 8 heteroatoms. The molecule has 2 bridgehead atoms. The van der Waals surface area contributed by atoms with Crippen LogP contribution in [0, 0.1) is 0 Å². The first kappa shape index (κ1) is 14.8. The van der Waals surface area contributed by atoms with E-state index in [-0.39, 0.29) is 17.0 Å².